The molecule has 0 bridgehead atoms. The fraction of sp³-hybridized carbons (Fsp3) is 0.625. The van der Waals surface area contributed by atoms with Gasteiger partial charge in [0.25, 0.3) is 0 Å². The number of hydrogen-bond donors (Lipinski definition) is 1. The molecule has 1 saturated heterocycles. The lowest BCUT2D eigenvalue weighted by Gasteiger charge is -2.34. The molecule has 0 unspecified atom stereocenters. The number of nitrogens with zero attached hydrogens (tertiary/aromatic N) is 1. The molecule has 0 aromatic heterocycles. The van der Waals surface area contributed by atoms with E-state index in [2.05, 4.69) is 5.32 Å². The molecule has 1 fully saturated rings. The van der Waals surface area contributed by atoms with Crippen LogP contribution in [0.15, 0.2) is 23.1 Å². The molecule has 1 aromatic rings. The van der Waals surface area contributed by atoms with Gasteiger partial charge >= 0.3 is 0 Å². The van der Waals surface area contributed by atoms with Crippen molar-refractivity contribution in [1.82, 2.24) is 9.62 Å². The van der Waals surface area contributed by atoms with Gasteiger partial charge in [-0.2, -0.15) is 4.31 Å². The van der Waals surface area contributed by atoms with E-state index in [1.807, 2.05) is 13.8 Å². The van der Waals surface area contributed by atoms with Crippen LogP contribution in [0.4, 0.5) is 0 Å². The number of nitrogens with one attached hydrogen (secondary N) is 1. The molecule has 7 heteroatoms. The Kier molecular flexibility index (Phi) is 7.80. The summed E-state index contributed by atoms with van der Waals surface area (Å²) < 4.78 is 33.1. The predicted octanol–water partition coefficient (Wildman–Crippen LogP) is 2.58. The standard InChI is InChI=1S/C16H26N2O3S.ClH/c1-4-11-18(14-7-9-17-10-8-14)22(19,20)16-6-5-15(21-3)12-13(16)2;/h5-6,12,14,17H,4,7-11H2,1-3H3;1H. The highest BCUT2D eigenvalue weighted by Crippen LogP contribution is 2.27. The first-order valence-electron chi connectivity index (χ1n) is 7.88. The summed E-state index contributed by atoms with van der Waals surface area (Å²) in [6.45, 7) is 6.16. The third kappa shape index (κ3) is 4.59. The second-order valence-electron chi connectivity index (χ2n) is 5.73. The zero-order chi connectivity index (χ0) is 16.2. The summed E-state index contributed by atoms with van der Waals surface area (Å²) in [5, 5.41) is 3.29. The van der Waals surface area contributed by atoms with Crippen LogP contribution in [0.2, 0.25) is 0 Å². The van der Waals surface area contributed by atoms with Gasteiger partial charge in [-0.15, -0.1) is 12.4 Å². The van der Waals surface area contributed by atoms with Crippen LogP contribution in [0, 0.1) is 6.92 Å². The minimum absolute atomic E-state index is 0. The van der Waals surface area contributed by atoms with E-state index in [4.69, 9.17) is 4.74 Å². The molecule has 1 aromatic carbocycles. The molecule has 23 heavy (non-hydrogen) atoms. The number of benzene rings is 1. The lowest BCUT2D eigenvalue weighted by molar-refractivity contribution is 0.262. The van der Waals surface area contributed by atoms with Crippen LogP contribution < -0.4 is 10.1 Å². The van der Waals surface area contributed by atoms with Gasteiger partial charge in [-0.1, -0.05) is 6.92 Å². The maximum absolute atomic E-state index is 13.1. The van der Waals surface area contributed by atoms with Gasteiger partial charge in [0.1, 0.15) is 5.75 Å². The van der Waals surface area contributed by atoms with Crippen molar-refractivity contribution < 1.29 is 13.2 Å². The molecule has 1 heterocycles. The Bertz CT molecular complexity index is 601. The molecule has 0 atom stereocenters. The second kappa shape index (κ2) is 8.87. The van der Waals surface area contributed by atoms with E-state index in [-0.39, 0.29) is 18.4 Å². The van der Waals surface area contributed by atoms with Crippen molar-refractivity contribution in [3.05, 3.63) is 23.8 Å². The molecule has 5 nitrogen and oxygen atoms in total. The number of hydrogen-bond acceptors (Lipinski definition) is 4. The van der Waals surface area contributed by atoms with Crippen molar-refractivity contribution in [3.63, 3.8) is 0 Å². The molecule has 0 amide bonds. The Morgan fingerprint density at radius 1 is 1.30 bits per heavy atom. The molecule has 1 N–H and O–H groups in total. The molecule has 2 rings (SSSR count). The lowest BCUT2D eigenvalue weighted by atomic mass is 10.1. The molecule has 0 spiro atoms. The zero-order valence-electron chi connectivity index (χ0n) is 14.0. The molecule has 0 saturated carbocycles. The normalized spacial score (nSPS) is 16.2. The average Bonchev–Trinajstić information content (AvgIpc) is 2.52. The highest BCUT2D eigenvalue weighted by Gasteiger charge is 2.32. The van der Waals surface area contributed by atoms with Crippen molar-refractivity contribution in [2.75, 3.05) is 26.7 Å². The molecular weight excluding hydrogens is 336 g/mol. The summed E-state index contributed by atoms with van der Waals surface area (Å²) in [5.41, 5.74) is 0.731. The molecule has 132 valence electrons. The zero-order valence-corrected chi connectivity index (χ0v) is 15.7. The summed E-state index contributed by atoms with van der Waals surface area (Å²) in [5.74, 6) is 0.681. The lowest BCUT2D eigenvalue weighted by Crippen LogP contribution is -2.46. The number of aryl methyl sites for hydroxylation is 1. The largest absolute Gasteiger partial charge is 0.497 e. The number of piperidine rings is 1. The fourth-order valence-corrected chi connectivity index (χ4v) is 4.96. The number of halogens is 1. The minimum atomic E-state index is -3.47. The monoisotopic (exact) mass is 362 g/mol. The van der Waals surface area contributed by atoms with Gasteiger partial charge in [0, 0.05) is 12.6 Å². The molecule has 0 aliphatic carbocycles. The number of sulfonamides is 1. The highest BCUT2D eigenvalue weighted by atomic mass is 35.5. The van der Waals surface area contributed by atoms with Crippen LogP contribution in [-0.2, 0) is 10.0 Å². The van der Waals surface area contributed by atoms with Crippen molar-refractivity contribution in [1.29, 1.82) is 0 Å². The summed E-state index contributed by atoms with van der Waals surface area (Å²) in [6.07, 6.45) is 2.56. The summed E-state index contributed by atoms with van der Waals surface area (Å²) in [6, 6.07) is 5.24. The SMILES string of the molecule is CCCN(C1CCNCC1)S(=O)(=O)c1ccc(OC)cc1C.Cl. The minimum Gasteiger partial charge on any atom is -0.497 e. The van der Waals surface area contributed by atoms with Gasteiger partial charge in [0.05, 0.1) is 12.0 Å². The van der Waals surface area contributed by atoms with E-state index >= 15 is 0 Å². The Hall–Kier alpha value is -0.820. The first-order chi connectivity index (χ1) is 10.5. The van der Waals surface area contributed by atoms with Crippen molar-refractivity contribution in [3.8, 4) is 5.75 Å². The van der Waals surface area contributed by atoms with Crippen LogP contribution in [0.1, 0.15) is 31.7 Å². The summed E-state index contributed by atoms with van der Waals surface area (Å²) in [7, 11) is -1.88. The quantitative estimate of drug-likeness (QED) is 0.845. The van der Waals surface area contributed by atoms with E-state index < -0.39 is 10.0 Å². The van der Waals surface area contributed by atoms with Crippen molar-refractivity contribution >= 4 is 22.4 Å². The van der Waals surface area contributed by atoms with Gasteiger partial charge in [0.2, 0.25) is 10.0 Å². The predicted molar refractivity (Wildman–Crippen MR) is 95.1 cm³/mol. The van der Waals surface area contributed by atoms with Crippen LogP contribution in [0.5, 0.6) is 5.75 Å². The van der Waals surface area contributed by atoms with Crippen molar-refractivity contribution in [2.24, 2.45) is 0 Å². The first kappa shape index (κ1) is 20.2. The first-order valence-corrected chi connectivity index (χ1v) is 9.32. The van der Waals surface area contributed by atoms with Gasteiger partial charge in [-0.05, 0) is 63.0 Å². The van der Waals surface area contributed by atoms with E-state index in [0.29, 0.717) is 17.2 Å². The topological polar surface area (TPSA) is 58.6 Å². The Labute approximate surface area is 145 Å². The van der Waals surface area contributed by atoms with Gasteiger partial charge in [-0.25, -0.2) is 8.42 Å². The van der Waals surface area contributed by atoms with Gasteiger partial charge < -0.3 is 10.1 Å². The molecule has 1 aliphatic heterocycles. The smallest absolute Gasteiger partial charge is 0.243 e. The number of methoxy groups -OCH3 is 1. The van der Waals surface area contributed by atoms with E-state index in [1.165, 1.54) is 0 Å². The van der Waals surface area contributed by atoms with Crippen LogP contribution in [0.3, 0.4) is 0 Å². The highest BCUT2D eigenvalue weighted by molar-refractivity contribution is 7.89. The Balaban J connectivity index is 0.00000264. The Morgan fingerprint density at radius 3 is 2.48 bits per heavy atom. The van der Waals surface area contributed by atoms with Crippen LogP contribution >= 0.6 is 12.4 Å². The van der Waals surface area contributed by atoms with Gasteiger partial charge in [0.15, 0.2) is 0 Å². The van der Waals surface area contributed by atoms with Crippen LogP contribution in [0.25, 0.3) is 0 Å². The third-order valence-corrected chi connectivity index (χ3v) is 6.24. The van der Waals surface area contributed by atoms with E-state index in [0.717, 1.165) is 37.9 Å². The number of ether oxygens (including phenoxy) is 1. The average molecular weight is 363 g/mol. The summed E-state index contributed by atoms with van der Waals surface area (Å²) >= 11 is 0. The molecular formula is C16H27ClN2O3S. The molecule has 0 radical (unpaired) electrons. The fourth-order valence-electron chi connectivity index (χ4n) is 2.98. The molecule has 1 aliphatic rings. The second-order valence-corrected chi connectivity index (χ2v) is 7.59. The van der Waals surface area contributed by atoms with Crippen LogP contribution in [-0.4, -0.2) is 45.5 Å². The third-order valence-electron chi connectivity index (χ3n) is 4.13. The van der Waals surface area contributed by atoms with Gasteiger partial charge in [-0.3, -0.25) is 0 Å². The van der Waals surface area contributed by atoms with Crippen molar-refractivity contribution in [2.45, 2.75) is 44.0 Å². The maximum atomic E-state index is 13.1. The van der Waals surface area contributed by atoms with E-state index in [9.17, 15) is 8.42 Å². The summed E-state index contributed by atoms with van der Waals surface area (Å²) in [4.78, 5) is 0.389. The Morgan fingerprint density at radius 2 is 1.96 bits per heavy atom. The number of rotatable bonds is 6. The van der Waals surface area contributed by atoms with E-state index in [1.54, 1.807) is 29.6 Å². The maximum Gasteiger partial charge on any atom is 0.243 e.